The van der Waals surface area contributed by atoms with Crippen LogP contribution in [0.4, 0.5) is 13.2 Å². The van der Waals surface area contributed by atoms with Gasteiger partial charge in [-0.25, -0.2) is 9.48 Å². The molecule has 0 spiro atoms. The van der Waals surface area contributed by atoms with Gasteiger partial charge in [-0.2, -0.15) is 18.3 Å². The van der Waals surface area contributed by atoms with E-state index >= 15 is 0 Å². The van der Waals surface area contributed by atoms with Crippen molar-refractivity contribution in [1.82, 2.24) is 14.7 Å². The molecule has 1 saturated heterocycles. The third kappa shape index (κ3) is 5.98. The molecule has 4 rings (SSSR count). The van der Waals surface area contributed by atoms with Crippen molar-refractivity contribution in [3.05, 3.63) is 72.5 Å². The molecule has 2 heterocycles. The number of piperidine rings is 1. The van der Waals surface area contributed by atoms with Gasteiger partial charge in [-0.3, -0.25) is 4.79 Å². The number of hydrogen-bond donors (Lipinski definition) is 0. The zero-order valence-corrected chi connectivity index (χ0v) is 21.2. The second kappa shape index (κ2) is 11.7. The van der Waals surface area contributed by atoms with E-state index in [9.17, 15) is 22.8 Å². The number of ether oxygens (including phenoxy) is 1. The number of aromatic nitrogens is 2. The number of likely N-dealkylation sites (tertiary alicyclic amines) is 1. The number of carbonyl (C=O) groups is 2. The summed E-state index contributed by atoms with van der Waals surface area (Å²) in [6.07, 6.45) is 2.66. The topological polar surface area (TPSA) is 64.4 Å². The van der Waals surface area contributed by atoms with Gasteiger partial charge in [0.15, 0.2) is 0 Å². The minimum absolute atomic E-state index is 0.0305. The highest BCUT2D eigenvalue weighted by Crippen LogP contribution is 2.39. The Hall–Kier alpha value is -3.88. The van der Waals surface area contributed by atoms with E-state index in [0.29, 0.717) is 43.6 Å². The Balaban J connectivity index is 1.72. The lowest BCUT2D eigenvalue weighted by Crippen LogP contribution is -2.37. The van der Waals surface area contributed by atoms with Gasteiger partial charge in [-0.05, 0) is 48.6 Å². The number of amides is 1. The lowest BCUT2D eigenvalue weighted by atomic mass is 9.90. The van der Waals surface area contributed by atoms with Crippen LogP contribution in [0.2, 0.25) is 0 Å². The maximum atomic E-state index is 13.7. The van der Waals surface area contributed by atoms with Crippen molar-refractivity contribution in [3.8, 4) is 11.1 Å². The second-order valence-corrected chi connectivity index (χ2v) is 9.25. The van der Waals surface area contributed by atoms with Crippen LogP contribution in [0.15, 0.2) is 61.2 Å². The molecular formula is C29H30F3N3O3. The minimum atomic E-state index is -4.49. The summed E-state index contributed by atoms with van der Waals surface area (Å²) >= 11 is 0. The van der Waals surface area contributed by atoms with E-state index in [2.05, 4.69) is 11.7 Å². The molecule has 1 aromatic heterocycles. The van der Waals surface area contributed by atoms with Crippen molar-refractivity contribution >= 4 is 29.0 Å². The van der Waals surface area contributed by atoms with Gasteiger partial charge in [0.05, 0.1) is 23.4 Å². The zero-order valence-electron chi connectivity index (χ0n) is 21.2. The zero-order chi connectivity index (χ0) is 27.3. The number of benzene rings is 2. The van der Waals surface area contributed by atoms with E-state index in [-0.39, 0.29) is 17.4 Å². The molecule has 0 unspecified atom stereocenters. The molecule has 9 heteroatoms. The van der Waals surface area contributed by atoms with Gasteiger partial charge in [0.1, 0.15) is 0 Å². The number of alkyl halides is 3. The molecule has 0 N–H and O–H groups in total. The fourth-order valence-electron chi connectivity index (χ4n) is 4.79. The van der Waals surface area contributed by atoms with E-state index in [1.54, 1.807) is 33.8 Å². The van der Waals surface area contributed by atoms with Crippen LogP contribution in [0, 0.1) is 0 Å². The minimum Gasteiger partial charge on any atom is -0.462 e. The first-order valence-electron chi connectivity index (χ1n) is 12.7. The molecule has 0 radical (unpaired) electrons. The van der Waals surface area contributed by atoms with E-state index in [1.165, 1.54) is 30.5 Å². The van der Waals surface area contributed by atoms with E-state index in [0.717, 1.165) is 30.0 Å². The molecule has 1 aliphatic heterocycles. The molecule has 1 aliphatic rings. The third-order valence-electron chi connectivity index (χ3n) is 6.74. The van der Waals surface area contributed by atoms with Gasteiger partial charge in [-0.1, -0.05) is 50.3 Å². The fraction of sp³-hybridized carbons (Fsp3) is 0.345. The number of fused-ring (bicyclic) bond motifs is 1. The van der Waals surface area contributed by atoms with Crippen LogP contribution in [-0.4, -0.2) is 46.3 Å². The van der Waals surface area contributed by atoms with Crippen molar-refractivity contribution in [3.63, 3.8) is 0 Å². The third-order valence-corrected chi connectivity index (χ3v) is 6.74. The number of nitrogens with zero attached hydrogens (tertiary/aromatic N) is 3. The van der Waals surface area contributed by atoms with Crippen LogP contribution in [0.5, 0.6) is 0 Å². The first-order chi connectivity index (χ1) is 18.2. The number of hydrogen-bond acceptors (Lipinski definition) is 4. The van der Waals surface area contributed by atoms with Gasteiger partial charge in [0.2, 0.25) is 5.91 Å². The Morgan fingerprint density at radius 2 is 1.89 bits per heavy atom. The molecule has 38 heavy (non-hydrogen) atoms. The standard InChI is InChI=1S/C29H30F3N3O3/c1-3-5-18-38-27(37)14-17-35-28(20-12-15-34(16-13-20)26(36)4-2)23-11-10-21(19-25(23)33-35)22-8-6-7-9-24(22)29(30,31)32/h4,6-11,14,17,19-20H,2-3,5,12-13,15-16,18H2,1H3. The predicted octanol–water partition coefficient (Wildman–Crippen LogP) is 6.43. The average molecular weight is 526 g/mol. The van der Waals surface area contributed by atoms with E-state index in [1.807, 2.05) is 6.92 Å². The maximum absolute atomic E-state index is 13.7. The SMILES string of the molecule is C=CC(=O)N1CCC(c2c3ccc(-c4ccccc4C(F)(F)F)cc3nn2C=CC(=O)OCCCC)CC1. The summed E-state index contributed by atoms with van der Waals surface area (Å²) in [4.78, 5) is 26.0. The van der Waals surface area contributed by atoms with Crippen LogP contribution in [0.1, 0.15) is 49.8 Å². The summed E-state index contributed by atoms with van der Waals surface area (Å²) in [7, 11) is 0. The van der Waals surface area contributed by atoms with Gasteiger partial charge < -0.3 is 9.64 Å². The summed E-state index contributed by atoms with van der Waals surface area (Å²) in [5.41, 5.74) is 1.12. The quantitative estimate of drug-likeness (QED) is 0.193. The summed E-state index contributed by atoms with van der Waals surface area (Å²) in [6.45, 7) is 6.97. The number of unbranched alkanes of at least 4 members (excludes halogenated alkanes) is 1. The van der Waals surface area contributed by atoms with Crippen LogP contribution in [-0.2, 0) is 20.5 Å². The first-order valence-corrected chi connectivity index (χ1v) is 12.7. The van der Waals surface area contributed by atoms with Crippen LogP contribution in [0.25, 0.3) is 28.2 Å². The van der Waals surface area contributed by atoms with Crippen LogP contribution >= 0.6 is 0 Å². The van der Waals surface area contributed by atoms with Crippen molar-refractivity contribution < 1.29 is 27.5 Å². The van der Waals surface area contributed by atoms with Gasteiger partial charge in [0.25, 0.3) is 0 Å². The van der Waals surface area contributed by atoms with Crippen molar-refractivity contribution in [2.45, 2.75) is 44.7 Å². The molecule has 0 bridgehead atoms. The Morgan fingerprint density at radius 3 is 2.58 bits per heavy atom. The number of esters is 1. The molecule has 6 nitrogen and oxygen atoms in total. The van der Waals surface area contributed by atoms with Crippen LogP contribution < -0.4 is 0 Å². The Kier molecular flexibility index (Phi) is 8.34. The Bertz CT molecular complexity index is 1350. The Labute approximate surface area is 219 Å². The van der Waals surface area contributed by atoms with Crippen LogP contribution in [0.3, 0.4) is 0 Å². The molecule has 2 aromatic carbocycles. The summed E-state index contributed by atoms with van der Waals surface area (Å²) in [5, 5.41) is 5.44. The first kappa shape index (κ1) is 27.2. The lowest BCUT2D eigenvalue weighted by molar-refractivity contribution is -0.138. The maximum Gasteiger partial charge on any atom is 0.417 e. The average Bonchev–Trinajstić information content (AvgIpc) is 3.28. The monoisotopic (exact) mass is 525 g/mol. The smallest absolute Gasteiger partial charge is 0.417 e. The largest absolute Gasteiger partial charge is 0.462 e. The number of halogens is 3. The lowest BCUT2D eigenvalue weighted by Gasteiger charge is -2.31. The summed E-state index contributed by atoms with van der Waals surface area (Å²) in [5.74, 6) is -0.581. The van der Waals surface area contributed by atoms with Crippen molar-refractivity contribution in [1.29, 1.82) is 0 Å². The molecule has 1 amide bonds. The van der Waals surface area contributed by atoms with Gasteiger partial charge in [0, 0.05) is 36.7 Å². The molecule has 1 fully saturated rings. The molecular weight excluding hydrogens is 495 g/mol. The second-order valence-electron chi connectivity index (χ2n) is 9.25. The highest BCUT2D eigenvalue weighted by atomic mass is 19.4. The highest BCUT2D eigenvalue weighted by Gasteiger charge is 2.33. The molecule has 0 atom stereocenters. The molecule has 0 aliphatic carbocycles. The highest BCUT2D eigenvalue weighted by molar-refractivity contribution is 5.90. The van der Waals surface area contributed by atoms with Gasteiger partial charge >= 0.3 is 12.1 Å². The molecule has 200 valence electrons. The molecule has 0 saturated carbocycles. The number of rotatable bonds is 8. The normalized spacial score (nSPS) is 14.8. The van der Waals surface area contributed by atoms with E-state index < -0.39 is 17.7 Å². The summed E-state index contributed by atoms with van der Waals surface area (Å²) < 4.78 is 47.8. The molecule has 3 aromatic rings. The predicted molar refractivity (Wildman–Crippen MR) is 140 cm³/mol. The Morgan fingerprint density at radius 1 is 1.16 bits per heavy atom. The van der Waals surface area contributed by atoms with Crippen molar-refractivity contribution in [2.24, 2.45) is 0 Å². The van der Waals surface area contributed by atoms with Gasteiger partial charge in [-0.15, -0.1) is 0 Å². The fourth-order valence-corrected chi connectivity index (χ4v) is 4.79. The van der Waals surface area contributed by atoms with Crippen molar-refractivity contribution in [2.75, 3.05) is 19.7 Å². The summed E-state index contributed by atoms with van der Waals surface area (Å²) in [6, 6.07) is 10.5. The van der Waals surface area contributed by atoms with E-state index in [4.69, 9.17) is 4.74 Å². The number of carbonyl (C=O) groups excluding carboxylic acids is 2.